The Morgan fingerprint density at radius 2 is 1.76 bits per heavy atom. The van der Waals surface area contributed by atoms with E-state index < -0.39 is 5.82 Å². The van der Waals surface area contributed by atoms with Crippen molar-refractivity contribution in [3.63, 3.8) is 0 Å². The molecule has 0 fully saturated rings. The Morgan fingerprint density at radius 3 is 2.41 bits per heavy atom. The maximum atomic E-state index is 14.3. The number of carbonyl (C=O) groups is 1. The van der Waals surface area contributed by atoms with E-state index >= 15 is 0 Å². The molecule has 0 unspecified atom stereocenters. The van der Waals surface area contributed by atoms with Gasteiger partial charge in [-0.2, -0.15) is 0 Å². The number of hydrogen-bond donors (Lipinski definition) is 1. The van der Waals surface area contributed by atoms with E-state index in [9.17, 15) is 9.18 Å². The molecule has 3 nitrogen and oxygen atoms in total. The first-order chi connectivity index (χ1) is 13.5. The van der Waals surface area contributed by atoms with Crippen LogP contribution in [0.15, 0.2) is 59.6 Å². The summed E-state index contributed by atoms with van der Waals surface area (Å²) in [5.74, 6) is -0.576. The maximum absolute atomic E-state index is 14.3. The van der Waals surface area contributed by atoms with Gasteiger partial charge in [-0.3, -0.25) is 4.79 Å². The minimum absolute atomic E-state index is 0. The molecule has 0 aliphatic rings. The molecule has 2 rings (SSSR count). The smallest absolute Gasteiger partial charge is 0.193 e. The first-order valence-corrected chi connectivity index (χ1v) is 10.4. The van der Waals surface area contributed by atoms with Crippen LogP contribution in [0.5, 0.6) is 0 Å². The second-order valence-corrected chi connectivity index (χ2v) is 7.84. The molecule has 0 bridgehead atoms. The molecule has 0 aliphatic carbocycles. The Labute approximate surface area is 187 Å². The Kier molecular flexibility index (Phi) is 11.8. The highest BCUT2D eigenvalue weighted by atomic mass is 79.9. The summed E-state index contributed by atoms with van der Waals surface area (Å²) in [6, 6.07) is 11.7. The quantitative estimate of drug-likeness (QED) is 0.217. The van der Waals surface area contributed by atoms with Crippen LogP contribution in [0.2, 0.25) is 0 Å². The summed E-state index contributed by atoms with van der Waals surface area (Å²) >= 11 is 3.34. The number of anilines is 1. The van der Waals surface area contributed by atoms with E-state index in [4.69, 9.17) is 0 Å². The van der Waals surface area contributed by atoms with Gasteiger partial charge in [-0.1, -0.05) is 34.8 Å². The Morgan fingerprint density at radius 1 is 1.10 bits per heavy atom. The fraction of sp³-hybridized carbons (Fsp3) is 0.348. The van der Waals surface area contributed by atoms with Gasteiger partial charge in [0.25, 0.3) is 0 Å². The molecule has 6 heteroatoms. The highest BCUT2D eigenvalue weighted by molar-refractivity contribution is 9.10. The number of likely N-dealkylation sites (N-methyl/N-ethyl adjacent to an activating group) is 1. The van der Waals surface area contributed by atoms with Gasteiger partial charge in [-0.15, -0.1) is 19.0 Å². The van der Waals surface area contributed by atoms with Gasteiger partial charge in [-0.05, 0) is 68.9 Å². The molecule has 0 saturated heterocycles. The monoisotopic (exact) mass is 482 g/mol. The van der Waals surface area contributed by atoms with Gasteiger partial charge in [0.1, 0.15) is 5.82 Å². The lowest BCUT2D eigenvalue weighted by atomic mass is 10.0. The molecule has 0 atom stereocenters. The average Bonchev–Trinajstić information content (AvgIpc) is 2.68. The fourth-order valence-corrected chi connectivity index (χ4v) is 3.23. The predicted molar refractivity (Wildman–Crippen MR) is 126 cm³/mol. The number of nitrogens with one attached hydrogen (secondary N) is 1. The lowest BCUT2D eigenvalue weighted by molar-refractivity contribution is 0.103. The van der Waals surface area contributed by atoms with E-state index in [1.807, 2.05) is 6.08 Å². The highest BCUT2D eigenvalue weighted by Gasteiger charge is 2.12. The van der Waals surface area contributed by atoms with Crippen LogP contribution in [0.1, 0.15) is 41.6 Å². The van der Waals surface area contributed by atoms with Gasteiger partial charge in [0, 0.05) is 28.7 Å². The molecule has 0 heterocycles. The van der Waals surface area contributed by atoms with Crippen molar-refractivity contribution in [2.24, 2.45) is 0 Å². The number of unbranched alkanes of at least 4 members (excludes halogenated alkanes) is 3. The molecule has 2 aromatic carbocycles. The number of benzene rings is 2. The van der Waals surface area contributed by atoms with E-state index in [0.29, 0.717) is 16.8 Å². The van der Waals surface area contributed by atoms with Gasteiger partial charge >= 0.3 is 0 Å². The SMILES string of the molecule is C=CCN(C)CCCCCCNc1ccc(C(=O)c2ccc(Br)cc2)cc1F.Cl. The number of halogens is 3. The molecule has 158 valence electrons. The molecule has 2 aromatic rings. The third-order valence-corrected chi connectivity index (χ3v) is 5.09. The lowest BCUT2D eigenvalue weighted by Crippen LogP contribution is -2.19. The van der Waals surface area contributed by atoms with E-state index in [-0.39, 0.29) is 18.2 Å². The van der Waals surface area contributed by atoms with Crippen LogP contribution in [0.4, 0.5) is 10.1 Å². The van der Waals surface area contributed by atoms with E-state index in [1.165, 1.54) is 6.07 Å². The average molecular weight is 484 g/mol. The maximum Gasteiger partial charge on any atom is 0.193 e. The predicted octanol–water partition coefficient (Wildman–Crippen LogP) is 6.33. The van der Waals surface area contributed by atoms with Gasteiger partial charge in [0.2, 0.25) is 0 Å². The van der Waals surface area contributed by atoms with Crippen molar-refractivity contribution in [3.8, 4) is 0 Å². The number of hydrogen-bond acceptors (Lipinski definition) is 3. The fourth-order valence-electron chi connectivity index (χ4n) is 2.96. The molecule has 0 amide bonds. The van der Waals surface area contributed by atoms with E-state index in [1.54, 1.807) is 36.4 Å². The summed E-state index contributed by atoms with van der Waals surface area (Å²) in [5, 5.41) is 3.13. The Bertz CT molecular complexity index is 783. The van der Waals surface area contributed by atoms with Gasteiger partial charge < -0.3 is 10.2 Å². The van der Waals surface area contributed by atoms with Gasteiger partial charge in [0.05, 0.1) is 5.69 Å². The van der Waals surface area contributed by atoms with E-state index in [2.05, 4.69) is 39.8 Å². The Balaban J connectivity index is 0.00000420. The van der Waals surface area contributed by atoms with Crippen molar-refractivity contribution >= 4 is 39.8 Å². The summed E-state index contributed by atoms with van der Waals surface area (Å²) in [5.41, 5.74) is 1.34. The molecule has 1 N–H and O–H groups in total. The summed E-state index contributed by atoms with van der Waals surface area (Å²) in [4.78, 5) is 14.7. The van der Waals surface area contributed by atoms with Crippen LogP contribution in [0.25, 0.3) is 0 Å². The van der Waals surface area contributed by atoms with Crippen molar-refractivity contribution in [3.05, 3.63) is 76.5 Å². The molecule has 0 saturated carbocycles. The van der Waals surface area contributed by atoms with Crippen LogP contribution in [0, 0.1) is 5.82 Å². The molecule has 0 spiro atoms. The van der Waals surface area contributed by atoms with Gasteiger partial charge in [0.15, 0.2) is 5.78 Å². The molecule has 0 radical (unpaired) electrons. The third kappa shape index (κ3) is 8.69. The van der Waals surface area contributed by atoms with Crippen LogP contribution in [-0.2, 0) is 0 Å². The zero-order valence-electron chi connectivity index (χ0n) is 16.8. The van der Waals surface area contributed by atoms with E-state index in [0.717, 1.165) is 49.8 Å². The summed E-state index contributed by atoms with van der Waals surface area (Å²) < 4.78 is 15.2. The number of ketones is 1. The van der Waals surface area contributed by atoms with Crippen molar-refractivity contribution in [2.45, 2.75) is 25.7 Å². The van der Waals surface area contributed by atoms with Crippen molar-refractivity contribution in [1.82, 2.24) is 4.90 Å². The van der Waals surface area contributed by atoms with Crippen LogP contribution >= 0.6 is 28.3 Å². The topological polar surface area (TPSA) is 32.3 Å². The number of carbonyl (C=O) groups excluding carboxylic acids is 1. The minimum atomic E-state index is -0.394. The molecular formula is C23H29BrClFN2O. The summed E-state index contributed by atoms with van der Waals surface area (Å²) in [7, 11) is 2.09. The minimum Gasteiger partial charge on any atom is -0.383 e. The van der Waals surface area contributed by atoms with Crippen molar-refractivity contribution in [2.75, 3.05) is 32.0 Å². The zero-order valence-corrected chi connectivity index (χ0v) is 19.2. The summed E-state index contributed by atoms with van der Waals surface area (Å²) in [6.45, 7) is 6.45. The highest BCUT2D eigenvalue weighted by Crippen LogP contribution is 2.19. The molecular weight excluding hydrogens is 455 g/mol. The molecule has 0 aromatic heterocycles. The summed E-state index contributed by atoms with van der Waals surface area (Å²) in [6.07, 6.45) is 6.33. The first kappa shape index (κ1) is 25.3. The second-order valence-electron chi connectivity index (χ2n) is 6.92. The Hall–Kier alpha value is -1.69. The van der Waals surface area contributed by atoms with Crippen LogP contribution in [-0.4, -0.2) is 37.4 Å². The number of rotatable bonds is 12. The first-order valence-electron chi connectivity index (χ1n) is 9.64. The largest absolute Gasteiger partial charge is 0.383 e. The normalized spacial score (nSPS) is 10.5. The zero-order chi connectivity index (χ0) is 20.4. The lowest BCUT2D eigenvalue weighted by Gasteiger charge is -2.13. The van der Waals surface area contributed by atoms with Crippen molar-refractivity contribution < 1.29 is 9.18 Å². The second kappa shape index (κ2) is 13.5. The van der Waals surface area contributed by atoms with Crippen molar-refractivity contribution in [1.29, 1.82) is 0 Å². The molecule has 0 aliphatic heterocycles. The van der Waals surface area contributed by atoms with Gasteiger partial charge in [-0.25, -0.2) is 4.39 Å². The third-order valence-electron chi connectivity index (χ3n) is 4.56. The van der Waals surface area contributed by atoms with Crippen LogP contribution < -0.4 is 5.32 Å². The van der Waals surface area contributed by atoms with Crippen LogP contribution in [0.3, 0.4) is 0 Å². The molecule has 29 heavy (non-hydrogen) atoms. The number of nitrogens with zero attached hydrogens (tertiary/aromatic N) is 1. The standard InChI is InChI=1S/C23H28BrFN2O.ClH/c1-3-15-27(2)16-7-5-4-6-14-26-22-13-10-19(17-21(22)25)23(28)18-8-11-20(24)12-9-18;/h3,8-13,17,26H,1,4-7,14-16H2,2H3;1H.